The Kier molecular flexibility index (Phi) is 4.21. The number of hydrogen-bond acceptors (Lipinski definition) is 5. The summed E-state index contributed by atoms with van der Waals surface area (Å²) in [5, 5.41) is 0.508. The molecule has 26 heavy (non-hydrogen) atoms. The van der Waals surface area contributed by atoms with Gasteiger partial charge in [0.15, 0.2) is 0 Å². The minimum absolute atomic E-state index is 0.121. The number of thiophene rings is 1. The van der Waals surface area contributed by atoms with Crippen molar-refractivity contribution in [2.24, 2.45) is 11.8 Å². The first-order chi connectivity index (χ1) is 12.3. The molecule has 140 valence electrons. The van der Waals surface area contributed by atoms with E-state index in [1.54, 1.807) is 0 Å². The van der Waals surface area contributed by atoms with E-state index in [-0.39, 0.29) is 23.7 Å². The lowest BCUT2D eigenvalue weighted by atomic mass is 9.81. The Morgan fingerprint density at radius 1 is 1.04 bits per heavy atom. The minimum Gasteiger partial charge on any atom is -0.456 e. The van der Waals surface area contributed by atoms with Crippen LogP contribution in [0.3, 0.4) is 0 Å². The van der Waals surface area contributed by atoms with Gasteiger partial charge < -0.3 is 4.74 Å². The number of fused-ring (bicyclic) bond motifs is 2. The maximum absolute atomic E-state index is 13.0. The summed E-state index contributed by atoms with van der Waals surface area (Å²) in [6.45, 7) is 5.49. The van der Waals surface area contributed by atoms with Crippen LogP contribution in [0.4, 0.5) is 5.00 Å². The minimum atomic E-state index is -0.616. The summed E-state index contributed by atoms with van der Waals surface area (Å²) in [6.07, 6.45) is 6.26. The number of rotatable bonds is 2. The number of imide groups is 1. The molecule has 1 saturated heterocycles. The van der Waals surface area contributed by atoms with Gasteiger partial charge in [0.25, 0.3) is 0 Å². The van der Waals surface area contributed by atoms with E-state index in [0.29, 0.717) is 10.6 Å². The van der Waals surface area contributed by atoms with Crippen LogP contribution in [0.5, 0.6) is 0 Å². The molecule has 1 aromatic heterocycles. The first-order valence-corrected chi connectivity index (χ1v) is 10.4. The van der Waals surface area contributed by atoms with Crippen LogP contribution in [0.15, 0.2) is 0 Å². The molecule has 6 heteroatoms. The van der Waals surface area contributed by atoms with Gasteiger partial charge in [0, 0.05) is 4.88 Å². The number of hydrogen-bond donors (Lipinski definition) is 0. The van der Waals surface area contributed by atoms with Crippen molar-refractivity contribution in [3.05, 3.63) is 16.0 Å². The Labute approximate surface area is 157 Å². The van der Waals surface area contributed by atoms with E-state index in [1.807, 2.05) is 20.8 Å². The quantitative estimate of drug-likeness (QED) is 0.581. The molecular weight excluding hydrogens is 350 g/mol. The van der Waals surface area contributed by atoms with Crippen molar-refractivity contribution in [2.45, 2.75) is 71.3 Å². The summed E-state index contributed by atoms with van der Waals surface area (Å²) < 4.78 is 5.62. The van der Waals surface area contributed by atoms with Crippen molar-refractivity contribution in [2.75, 3.05) is 4.90 Å². The first-order valence-electron chi connectivity index (χ1n) is 9.53. The maximum atomic E-state index is 13.0. The van der Waals surface area contributed by atoms with Crippen LogP contribution in [0.25, 0.3) is 0 Å². The van der Waals surface area contributed by atoms with E-state index in [4.69, 9.17) is 4.74 Å². The second-order valence-corrected chi connectivity index (χ2v) is 9.63. The molecule has 1 aromatic rings. The van der Waals surface area contributed by atoms with Crippen molar-refractivity contribution in [1.29, 1.82) is 0 Å². The van der Waals surface area contributed by atoms with Crippen LogP contribution in [0.1, 0.15) is 73.7 Å². The Morgan fingerprint density at radius 2 is 1.65 bits per heavy atom. The number of carbonyl (C=O) groups is 3. The van der Waals surface area contributed by atoms with Gasteiger partial charge in [-0.2, -0.15) is 0 Å². The first kappa shape index (κ1) is 17.7. The largest absolute Gasteiger partial charge is 0.456 e. The highest BCUT2D eigenvalue weighted by Gasteiger charge is 2.50. The van der Waals surface area contributed by atoms with Crippen LogP contribution >= 0.6 is 11.3 Å². The highest BCUT2D eigenvalue weighted by molar-refractivity contribution is 7.17. The molecule has 2 unspecified atom stereocenters. The Balaban J connectivity index is 1.76. The van der Waals surface area contributed by atoms with E-state index in [0.717, 1.165) is 55.4 Å². The molecule has 2 aliphatic carbocycles. The van der Waals surface area contributed by atoms with Crippen molar-refractivity contribution in [3.8, 4) is 0 Å². The lowest BCUT2D eigenvalue weighted by Crippen LogP contribution is -2.32. The summed E-state index contributed by atoms with van der Waals surface area (Å²) >= 11 is 1.44. The van der Waals surface area contributed by atoms with Crippen molar-refractivity contribution in [3.63, 3.8) is 0 Å². The summed E-state index contributed by atoms with van der Waals surface area (Å²) in [5.41, 5.74) is 0.821. The molecule has 0 aromatic carbocycles. The number of carbonyl (C=O) groups excluding carboxylic acids is 3. The third-order valence-electron chi connectivity index (χ3n) is 5.55. The Bertz CT molecular complexity index is 764. The highest BCUT2D eigenvalue weighted by Crippen LogP contribution is 2.47. The zero-order valence-electron chi connectivity index (χ0n) is 15.6. The number of esters is 1. The summed E-state index contributed by atoms with van der Waals surface area (Å²) in [6, 6.07) is 0. The van der Waals surface area contributed by atoms with E-state index in [9.17, 15) is 14.4 Å². The number of nitrogens with zero attached hydrogens (tertiary/aromatic N) is 1. The zero-order chi connectivity index (χ0) is 18.6. The number of anilines is 1. The van der Waals surface area contributed by atoms with Gasteiger partial charge >= 0.3 is 5.97 Å². The molecular formula is C20H25NO4S. The average molecular weight is 375 g/mol. The molecule has 2 fully saturated rings. The monoisotopic (exact) mass is 375 g/mol. The second kappa shape index (κ2) is 6.19. The van der Waals surface area contributed by atoms with E-state index >= 15 is 0 Å². The molecule has 4 rings (SSSR count). The van der Waals surface area contributed by atoms with Crippen LogP contribution in [0.2, 0.25) is 0 Å². The van der Waals surface area contributed by atoms with Crippen LogP contribution in [-0.4, -0.2) is 23.4 Å². The predicted molar refractivity (Wildman–Crippen MR) is 99.5 cm³/mol. The van der Waals surface area contributed by atoms with E-state index in [1.165, 1.54) is 16.2 Å². The second-order valence-electron chi connectivity index (χ2n) is 8.55. The summed E-state index contributed by atoms with van der Waals surface area (Å²) in [5.74, 6) is -1.07. The fourth-order valence-corrected chi connectivity index (χ4v) is 5.84. The van der Waals surface area contributed by atoms with E-state index in [2.05, 4.69) is 0 Å². The molecule has 2 amide bonds. The number of ether oxygens (including phenoxy) is 1. The fourth-order valence-electron chi connectivity index (χ4n) is 4.45. The third kappa shape index (κ3) is 2.79. The van der Waals surface area contributed by atoms with Gasteiger partial charge in [-0.1, -0.05) is 12.8 Å². The normalized spacial score (nSPS) is 25.4. The molecule has 3 aliphatic rings. The molecule has 2 atom stereocenters. The van der Waals surface area contributed by atoms with Gasteiger partial charge in [0.2, 0.25) is 11.8 Å². The lowest BCUT2D eigenvalue weighted by molar-refractivity contribution is -0.122. The molecule has 0 spiro atoms. The summed E-state index contributed by atoms with van der Waals surface area (Å²) in [7, 11) is 0. The van der Waals surface area contributed by atoms with Crippen LogP contribution in [0, 0.1) is 11.8 Å². The van der Waals surface area contributed by atoms with Gasteiger partial charge in [-0.25, -0.2) is 9.69 Å². The van der Waals surface area contributed by atoms with Gasteiger partial charge in [-0.15, -0.1) is 11.3 Å². The maximum Gasteiger partial charge on any atom is 0.341 e. The van der Waals surface area contributed by atoms with Crippen molar-refractivity contribution < 1.29 is 19.1 Å². The topological polar surface area (TPSA) is 63.7 Å². The molecule has 0 radical (unpaired) electrons. The van der Waals surface area contributed by atoms with Crippen molar-refractivity contribution >= 4 is 34.1 Å². The van der Waals surface area contributed by atoms with Crippen molar-refractivity contribution in [1.82, 2.24) is 0 Å². The Hall–Kier alpha value is -1.69. The van der Waals surface area contributed by atoms with Gasteiger partial charge in [-0.3, -0.25) is 9.59 Å². The SMILES string of the molecule is CC(C)(C)OC(=O)c1c(N2C(=O)C3CCCCC3C2=O)sc2c1CCC2. The summed E-state index contributed by atoms with van der Waals surface area (Å²) in [4.78, 5) is 41.4. The van der Waals surface area contributed by atoms with Gasteiger partial charge in [0.1, 0.15) is 10.6 Å². The molecule has 1 saturated carbocycles. The lowest BCUT2D eigenvalue weighted by Gasteiger charge is -2.21. The van der Waals surface area contributed by atoms with Gasteiger partial charge in [-0.05, 0) is 58.4 Å². The number of aryl methyl sites for hydroxylation is 1. The molecule has 1 aliphatic heterocycles. The average Bonchev–Trinajstić information content (AvgIpc) is 3.19. The van der Waals surface area contributed by atoms with Crippen LogP contribution < -0.4 is 4.90 Å². The molecule has 0 bridgehead atoms. The molecule has 2 heterocycles. The number of amides is 2. The smallest absolute Gasteiger partial charge is 0.341 e. The zero-order valence-corrected chi connectivity index (χ0v) is 16.4. The van der Waals surface area contributed by atoms with Gasteiger partial charge in [0.05, 0.1) is 17.4 Å². The molecule has 0 N–H and O–H groups in total. The van der Waals surface area contributed by atoms with Crippen LogP contribution in [-0.2, 0) is 27.2 Å². The Morgan fingerprint density at radius 3 is 2.23 bits per heavy atom. The van der Waals surface area contributed by atoms with E-state index < -0.39 is 11.6 Å². The predicted octanol–water partition coefficient (Wildman–Crippen LogP) is 3.87. The standard InChI is InChI=1S/C20H25NO4S/c1-20(2,3)25-19(24)15-13-9-6-10-14(13)26-18(15)21-16(22)11-7-4-5-8-12(11)17(21)23/h11-12H,4-10H2,1-3H3. The molecule has 5 nitrogen and oxygen atoms in total. The third-order valence-corrected chi connectivity index (χ3v) is 6.83. The fraction of sp³-hybridized carbons (Fsp3) is 0.650. The highest BCUT2D eigenvalue weighted by atomic mass is 32.1.